The lowest BCUT2D eigenvalue weighted by molar-refractivity contribution is 0.0954. The summed E-state index contributed by atoms with van der Waals surface area (Å²) in [7, 11) is 0. The van der Waals surface area contributed by atoms with Gasteiger partial charge in [0, 0.05) is 37.1 Å². The molecule has 6 nitrogen and oxygen atoms in total. The number of nitrogens with one attached hydrogen (secondary N) is 3. The van der Waals surface area contributed by atoms with Gasteiger partial charge in [-0.05, 0) is 50.5 Å². The number of nitrogens with zero attached hydrogens (tertiary/aromatic N) is 1. The predicted molar refractivity (Wildman–Crippen MR) is 118 cm³/mol. The molecule has 0 aliphatic carbocycles. The van der Waals surface area contributed by atoms with E-state index in [1.165, 1.54) is 0 Å². The maximum absolute atomic E-state index is 12.5. The first kappa shape index (κ1) is 20.7. The summed E-state index contributed by atoms with van der Waals surface area (Å²) in [4.78, 5) is 27.0. The summed E-state index contributed by atoms with van der Waals surface area (Å²) in [5.41, 5.74) is 3.62. The molecular weight excluding hydrogens is 364 g/mol. The number of carbonyl (C=O) groups is 2. The minimum Gasteiger partial charge on any atom is -0.371 e. The van der Waals surface area contributed by atoms with Crippen molar-refractivity contribution in [3.63, 3.8) is 0 Å². The summed E-state index contributed by atoms with van der Waals surface area (Å²) in [6.07, 6.45) is 2.59. The van der Waals surface area contributed by atoms with Crippen LogP contribution in [0, 0.1) is 6.92 Å². The van der Waals surface area contributed by atoms with Gasteiger partial charge in [-0.3, -0.25) is 4.79 Å². The van der Waals surface area contributed by atoms with Gasteiger partial charge >= 0.3 is 6.03 Å². The average molecular weight is 395 g/mol. The molecule has 0 unspecified atom stereocenters. The first-order valence-electron chi connectivity index (χ1n) is 10.3. The van der Waals surface area contributed by atoms with E-state index in [0.29, 0.717) is 12.1 Å². The van der Waals surface area contributed by atoms with Crippen LogP contribution in [0.25, 0.3) is 0 Å². The molecule has 2 aromatic carbocycles. The molecule has 1 aliphatic rings. The van der Waals surface area contributed by atoms with Crippen LogP contribution in [0.4, 0.5) is 16.2 Å². The summed E-state index contributed by atoms with van der Waals surface area (Å²) >= 11 is 0. The van der Waals surface area contributed by atoms with Crippen molar-refractivity contribution in [1.29, 1.82) is 0 Å². The number of benzene rings is 2. The predicted octanol–water partition coefficient (Wildman–Crippen LogP) is 3.93. The molecule has 154 valence electrons. The third-order valence-corrected chi connectivity index (χ3v) is 5.16. The smallest absolute Gasteiger partial charge is 0.319 e. The summed E-state index contributed by atoms with van der Waals surface area (Å²) in [6.45, 7) is 6.33. The maximum Gasteiger partial charge on any atom is 0.319 e. The van der Waals surface area contributed by atoms with Crippen LogP contribution >= 0.6 is 0 Å². The normalized spacial score (nSPS) is 14.3. The van der Waals surface area contributed by atoms with Gasteiger partial charge in [-0.25, -0.2) is 4.79 Å². The van der Waals surface area contributed by atoms with E-state index in [4.69, 9.17) is 0 Å². The Bertz CT molecular complexity index is 827. The van der Waals surface area contributed by atoms with Gasteiger partial charge in [0.2, 0.25) is 0 Å². The van der Waals surface area contributed by atoms with Gasteiger partial charge in [0.05, 0.1) is 5.56 Å². The molecule has 3 rings (SSSR count). The fourth-order valence-electron chi connectivity index (χ4n) is 3.53. The molecule has 1 fully saturated rings. The quantitative estimate of drug-likeness (QED) is 0.695. The first-order valence-corrected chi connectivity index (χ1v) is 10.3. The van der Waals surface area contributed by atoms with Crippen LogP contribution in [0.1, 0.15) is 42.1 Å². The molecule has 0 atom stereocenters. The molecule has 2 aromatic rings. The number of amides is 3. The molecule has 0 radical (unpaired) electrons. The molecule has 0 saturated carbocycles. The van der Waals surface area contributed by atoms with Gasteiger partial charge in [0.25, 0.3) is 5.91 Å². The van der Waals surface area contributed by atoms with E-state index in [1.54, 1.807) is 0 Å². The van der Waals surface area contributed by atoms with Gasteiger partial charge in [-0.15, -0.1) is 0 Å². The molecule has 0 bridgehead atoms. The Labute approximate surface area is 172 Å². The highest BCUT2D eigenvalue weighted by atomic mass is 16.2. The van der Waals surface area contributed by atoms with Gasteiger partial charge in [-0.1, -0.05) is 36.8 Å². The van der Waals surface area contributed by atoms with Gasteiger partial charge in [-0.2, -0.15) is 0 Å². The topological polar surface area (TPSA) is 73.5 Å². The molecule has 1 aliphatic heterocycles. The Balaban J connectivity index is 1.53. The zero-order chi connectivity index (χ0) is 20.6. The number of urea groups is 1. The number of carbonyl (C=O) groups excluding carboxylic acids is 2. The highest BCUT2D eigenvalue weighted by molar-refractivity contribution is 5.99. The summed E-state index contributed by atoms with van der Waals surface area (Å²) in [5.74, 6) is -0.0276. The van der Waals surface area contributed by atoms with Crippen LogP contribution < -0.4 is 20.9 Å². The van der Waals surface area contributed by atoms with Gasteiger partial charge in [0.15, 0.2) is 0 Å². The molecule has 0 aromatic heterocycles. The van der Waals surface area contributed by atoms with Crippen molar-refractivity contribution in [2.75, 3.05) is 29.9 Å². The number of anilines is 2. The van der Waals surface area contributed by atoms with Crippen molar-refractivity contribution >= 4 is 23.3 Å². The van der Waals surface area contributed by atoms with Gasteiger partial charge < -0.3 is 20.9 Å². The highest BCUT2D eigenvalue weighted by Gasteiger charge is 2.23. The van der Waals surface area contributed by atoms with Crippen molar-refractivity contribution in [2.24, 2.45) is 0 Å². The number of rotatable bonds is 6. The van der Waals surface area contributed by atoms with Crippen LogP contribution in [0.15, 0.2) is 48.5 Å². The van der Waals surface area contributed by atoms with Crippen LogP contribution in [0.3, 0.4) is 0 Å². The Kier molecular flexibility index (Phi) is 7.11. The largest absolute Gasteiger partial charge is 0.371 e. The molecule has 1 heterocycles. The summed E-state index contributed by atoms with van der Waals surface area (Å²) in [6, 6.07) is 15.4. The lowest BCUT2D eigenvalue weighted by atomic mass is 10.0. The van der Waals surface area contributed by atoms with E-state index < -0.39 is 0 Å². The van der Waals surface area contributed by atoms with E-state index in [-0.39, 0.29) is 18.0 Å². The number of piperidine rings is 1. The van der Waals surface area contributed by atoms with Crippen LogP contribution in [-0.4, -0.2) is 37.6 Å². The van der Waals surface area contributed by atoms with E-state index >= 15 is 0 Å². The van der Waals surface area contributed by atoms with E-state index in [9.17, 15) is 9.59 Å². The van der Waals surface area contributed by atoms with Crippen molar-refractivity contribution in [2.45, 2.75) is 39.2 Å². The highest BCUT2D eigenvalue weighted by Crippen LogP contribution is 2.24. The monoisotopic (exact) mass is 394 g/mol. The standard InChI is InChI=1S/C23H30N4O2/c1-3-14-24-22(28)20-6-4-5-7-21(20)27-15-12-19(13-16-27)26-23(29)25-18-10-8-17(2)9-11-18/h4-11,19H,3,12-16H2,1-2H3,(H,24,28)(H2,25,26,29). The molecule has 1 saturated heterocycles. The molecule has 3 amide bonds. The Hall–Kier alpha value is -3.02. The van der Waals surface area contributed by atoms with Crippen LogP contribution in [0.2, 0.25) is 0 Å². The number of hydrogen-bond donors (Lipinski definition) is 3. The third kappa shape index (κ3) is 5.73. The Morgan fingerprint density at radius 2 is 1.72 bits per heavy atom. The van der Waals surface area contributed by atoms with Crippen LogP contribution in [-0.2, 0) is 0 Å². The van der Waals surface area contributed by atoms with Gasteiger partial charge in [0.1, 0.15) is 0 Å². The lowest BCUT2D eigenvalue weighted by Crippen LogP contribution is -2.46. The van der Waals surface area contributed by atoms with Crippen molar-refractivity contribution < 1.29 is 9.59 Å². The molecule has 0 spiro atoms. The second-order valence-electron chi connectivity index (χ2n) is 7.50. The zero-order valence-electron chi connectivity index (χ0n) is 17.2. The Morgan fingerprint density at radius 3 is 2.41 bits per heavy atom. The van der Waals surface area contributed by atoms with Crippen molar-refractivity contribution in [3.05, 3.63) is 59.7 Å². The minimum atomic E-state index is -0.174. The van der Waals surface area contributed by atoms with E-state index in [2.05, 4.69) is 20.9 Å². The average Bonchev–Trinajstić information content (AvgIpc) is 2.74. The second-order valence-corrected chi connectivity index (χ2v) is 7.50. The minimum absolute atomic E-state index is 0.0276. The van der Waals surface area contributed by atoms with Crippen molar-refractivity contribution in [3.8, 4) is 0 Å². The molecular formula is C23H30N4O2. The SMILES string of the molecule is CCCNC(=O)c1ccccc1N1CCC(NC(=O)Nc2ccc(C)cc2)CC1. The van der Waals surface area contributed by atoms with Crippen molar-refractivity contribution in [1.82, 2.24) is 10.6 Å². The number of para-hydroxylation sites is 1. The molecule has 29 heavy (non-hydrogen) atoms. The Morgan fingerprint density at radius 1 is 1.03 bits per heavy atom. The number of hydrogen-bond acceptors (Lipinski definition) is 3. The number of aryl methyl sites for hydroxylation is 1. The summed E-state index contributed by atoms with van der Waals surface area (Å²) < 4.78 is 0. The lowest BCUT2D eigenvalue weighted by Gasteiger charge is -2.34. The summed E-state index contributed by atoms with van der Waals surface area (Å²) in [5, 5.41) is 8.91. The third-order valence-electron chi connectivity index (χ3n) is 5.16. The fraction of sp³-hybridized carbons (Fsp3) is 0.391. The molecule has 6 heteroatoms. The zero-order valence-corrected chi connectivity index (χ0v) is 17.2. The van der Waals surface area contributed by atoms with E-state index in [0.717, 1.165) is 49.3 Å². The molecule has 3 N–H and O–H groups in total. The fourth-order valence-corrected chi connectivity index (χ4v) is 3.53. The van der Waals surface area contributed by atoms with E-state index in [1.807, 2.05) is 62.4 Å². The first-order chi connectivity index (χ1) is 14.1. The second kappa shape index (κ2) is 9.96. The maximum atomic E-state index is 12.5. The van der Waals surface area contributed by atoms with Crippen LogP contribution in [0.5, 0.6) is 0 Å².